The van der Waals surface area contributed by atoms with Gasteiger partial charge in [-0.25, -0.2) is 26.6 Å². The van der Waals surface area contributed by atoms with E-state index in [2.05, 4.69) is 9.97 Å². The maximum Gasteiger partial charge on any atom is 0.434 e. The Labute approximate surface area is 225 Å². The number of aryl methyl sites for hydroxylation is 1. The summed E-state index contributed by atoms with van der Waals surface area (Å²) in [6.07, 6.45) is -5.97. The zero-order valence-corrected chi connectivity index (χ0v) is 21.5. The van der Waals surface area contributed by atoms with Gasteiger partial charge in [-0.3, -0.25) is 9.78 Å². The maximum absolute atomic E-state index is 14.6. The Hall–Kier alpha value is -3.83. The molecule has 4 rings (SSSR count). The summed E-state index contributed by atoms with van der Waals surface area (Å²) in [5.74, 6) is -2.20. The third kappa shape index (κ3) is 5.71. The number of hydrogen-bond acceptors (Lipinski definition) is 6. The number of halogens is 6. The number of rotatable bonds is 7. The molecule has 3 heterocycles. The van der Waals surface area contributed by atoms with Crippen LogP contribution >= 0.6 is 0 Å². The van der Waals surface area contributed by atoms with E-state index >= 15 is 0 Å². The number of benzene rings is 1. The van der Waals surface area contributed by atoms with Gasteiger partial charge in [0.15, 0.2) is 11.5 Å². The Morgan fingerprint density at radius 3 is 2.42 bits per heavy atom. The van der Waals surface area contributed by atoms with Crippen LogP contribution in [0.5, 0.6) is 0 Å². The lowest BCUT2D eigenvalue weighted by Gasteiger charge is -2.26. The summed E-state index contributed by atoms with van der Waals surface area (Å²) in [5.41, 5.74) is -2.22. The Kier molecular flexibility index (Phi) is 8.00. The van der Waals surface area contributed by atoms with Gasteiger partial charge in [0.25, 0.3) is 0 Å². The second kappa shape index (κ2) is 11.0. The Balaban J connectivity index is 1.57. The molecule has 1 saturated heterocycles. The zero-order chi connectivity index (χ0) is 29.4. The lowest BCUT2D eigenvalue weighted by atomic mass is 10.0. The molecule has 0 aliphatic carbocycles. The molecule has 40 heavy (non-hydrogen) atoms. The number of sulfonamides is 1. The third-order valence-electron chi connectivity index (χ3n) is 6.59. The number of ketones is 1. The number of pyridine rings is 2. The lowest BCUT2D eigenvalue weighted by molar-refractivity contribution is -0.141. The van der Waals surface area contributed by atoms with Crippen molar-refractivity contribution in [2.75, 3.05) is 0 Å². The third-order valence-corrected chi connectivity index (χ3v) is 8.60. The van der Waals surface area contributed by atoms with Crippen molar-refractivity contribution >= 4 is 15.8 Å². The monoisotopic (exact) mass is 582 g/mol. The summed E-state index contributed by atoms with van der Waals surface area (Å²) in [7, 11) is -4.38. The van der Waals surface area contributed by atoms with Crippen LogP contribution in [0.4, 0.5) is 26.3 Å². The van der Waals surface area contributed by atoms with Crippen LogP contribution in [0.25, 0.3) is 11.3 Å². The standard InChI is InChI=1S/C26H20F6N4O3S/c1-14-20(28)10-23(36(14)40(38,39)19-5-3-18(27)4-6-19)24(37)7-2-15-9-22(34-13-21(15)29)17-8-16(11-33)25(35-12-17)26(30,31)32/h3-6,8-9,12-14,20,23H,2,7,10H2,1H3/t14-,20+,23-/m0/s1. The van der Waals surface area contributed by atoms with Crippen LogP contribution in [0.2, 0.25) is 0 Å². The molecule has 0 spiro atoms. The average Bonchev–Trinajstić information content (AvgIpc) is 3.22. The van der Waals surface area contributed by atoms with E-state index in [1.54, 1.807) is 0 Å². The van der Waals surface area contributed by atoms with Crippen molar-refractivity contribution < 1.29 is 39.6 Å². The molecule has 210 valence electrons. The highest BCUT2D eigenvalue weighted by Crippen LogP contribution is 2.35. The van der Waals surface area contributed by atoms with Crippen LogP contribution in [0.1, 0.15) is 36.6 Å². The van der Waals surface area contributed by atoms with E-state index in [9.17, 15) is 39.6 Å². The first kappa shape index (κ1) is 29.2. The summed E-state index contributed by atoms with van der Waals surface area (Å²) in [6.45, 7) is 1.31. The first-order valence-electron chi connectivity index (χ1n) is 11.8. The van der Waals surface area contributed by atoms with Gasteiger partial charge < -0.3 is 0 Å². The molecule has 3 aromatic rings. The number of nitrogens with zero attached hydrogens (tertiary/aromatic N) is 4. The van der Waals surface area contributed by atoms with Gasteiger partial charge in [0.05, 0.1) is 34.4 Å². The summed E-state index contributed by atoms with van der Waals surface area (Å²) in [6, 6.07) is 4.79. The molecule has 2 aromatic heterocycles. The minimum atomic E-state index is -4.86. The van der Waals surface area contributed by atoms with E-state index in [0.717, 1.165) is 47.0 Å². The van der Waals surface area contributed by atoms with Gasteiger partial charge in [0.1, 0.15) is 23.9 Å². The Morgan fingerprint density at radius 1 is 1.12 bits per heavy atom. The molecule has 0 unspecified atom stereocenters. The number of carbonyl (C=O) groups excluding carboxylic acids is 1. The molecule has 0 saturated carbocycles. The van der Waals surface area contributed by atoms with E-state index < -0.39 is 76.0 Å². The molecule has 0 bridgehead atoms. The molecule has 14 heteroatoms. The number of aromatic nitrogens is 2. The maximum atomic E-state index is 14.6. The predicted molar refractivity (Wildman–Crippen MR) is 129 cm³/mol. The molecular weight excluding hydrogens is 562 g/mol. The van der Waals surface area contributed by atoms with Gasteiger partial charge in [-0.2, -0.15) is 22.7 Å². The lowest BCUT2D eigenvalue weighted by Crippen LogP contribution is -2.44. The molecule has 0 N–H and O–H groups in total. The van der Waals surface area contributed by atoms with Gasteiger partial charge in [0.2, 0.25) is 10.0 Å². The fourth-order valence-corrected chi connectivity index (χ4v) is 6.35. The van der Waals surface area contributed by atoms with Crippen molar-refractivity contribution in [2.45, 2.75) is 55.5 Å². The highest BCUT2D eigenvalue weighted by molar-refractivity contribution is 7.89. The van der Waals surface area contributed by atoms with E-state index in [-0.39, 0.29) is 28.1 Å². The molecule has 1 aromatic carbocycles. The van der Waals surface area contributed by atoms with Crippen molar-refractivity contribution in [3.8, 4) is 17.3 Å². The fraction of sp³-hybridized carbons (Fsp3) is 0.308. The number of Topliss-reactive ketones (excluding diaryl/α,β-unsaturated/α-hetero) is 1. The molecule has 7 nitrogen and oxygen atoms in total. The molecule has 3 atom stereocenters. The van der Waals surface area contributed by atoms with Crippen LogP contribution in [0.3, 0.4) is 0 Å². The molecule has 1 aliphatic heterocycles. The number of alkyl halides is 4. The average molecular weight is 583 g/mol. The van der Waals surface area contributed by atoms with Gasteiger partial charge in [-0.15, -0.1) is 0 Å². The summed E-state index contributed by atoms with van der Waals surface area (Å²) >= 11 is 0. The van der Waals surface area contributed by atoms with Crippen molar-refractivity contribution in [3.63, 3.8) is 0 Å². The summed E-state index contributed by atoms with van der Waals surface area (Å²) in [5, 5.41) is 9.10. The second-order valence-electron chi connectivity index (χ2n) is 9.15. The number of nitriles is 1. The highest BCUT2D eigenvalue weighted by Gasteiger charge is 2.48. The normalized spacial score (nSPS) is 19.9. The van der Waals surface area contributed by atoms with Gasteiger partial charge in [0, 0.05) is 24.6 Å². The van der Waals surface area contributed by atoms with Crippen LogP contribution in [0, 0.1) is 23.0 Å². The number of carbonyl (C=O) groups is 1. The molecular formula is C26H20F6N4O3S. The quantitative estimate of drug-likeness (QED) is 0.363. The molecule has 1 aliphatic rings. The van der Waals surface area contributed by atoms with Crippen LogP contribution in [0.15, 0.2) is 53.7 Å². The van der Waals surface area contributed by atoms with Crippen LogP contribution in [-0.2, 0) is 27.4 Å². The smallest absolute Gasteiger partial charge is 0.298 e. The Bertz CT molecular complexity index is 1590. The van der Waals surface area contributed by atoms with Crippen molar-refractivity contribution in [2.24, 2.45) is 0 Å². The highest BCUT2D eigenvalue weighted by atomic mass is 32.2. The SMILES string of the molecule is C[C@H]1[C@H](F)C[C@@H](C(=O)CCc2cc(-c3cnc(C(F)(F)F)c(C#N)c3)ncc2F)N1S(=O)(=O)c1ccc(F)cc1. The predicted octanol–water partition coefficient (Wildman–Crippen LogP) is 5.00. The summed E-state index contributed by atoms with van der Waals surface area (Å²) < 4.78 is 109. The summed E-state index contributed by atoms with van der Waals surface area (Å²) in [4.78, 5) is 19.9. The minimum absolute atomic E-state index is 0.00131. The van der Waals surface area contributed by atoms with Crippen LogP contribution in [-0.4, -0.2) is 46.7 Å². The minimum Gasteiger partial charge on any atom is -0.298 e. The van der Waals surface area contributed by atoms with Gasteiger partial charge >= 0.3 is 6.18 Å². The van der Waals surface area contributed by atoms with Gasteiger partial charge in [-0.05, 0) is 55.3 Å². The van der Waals surface area contributed by atoms with Crippen LogP contribution < -0.4 is 0 Å². The molecule has 1 fully saturated rings. The van der Waals surface area contributed by atoms with Gasteiger partial charge in [-0.1, -0.05) is 0 Å². The topological polar surface area (TPSA) is 104 Å². The van der Waals surface area contributed by atoms with E-state index in [1.807, 2.05) is 0 Å². The number of hydrogen-bond donors (Lipinski definition) is 0. The van der Waals surface area contributed by atoms with E-state index in [1.165, 1.54) is 19.1 Å². The van der Waals surface area contributed by atoms with E-state index in [0.29, 0.717) is 0 Å². The van der Waals surface area contributed by atoms with Crippen molar-refractivity contribution in [1.82, 2.24) is 14.3 Å². The van der Waals surface area contributed by atoms with Crippen molar-refractivity contribution in [3.05, 3.63) is 77.2 Å². The fourth-order valence-electron chi connectivity index (χ4n) is 4.52. The van der Waals surface area contributed by atoms with E-state index in [4.69, 9.17) is 5.26 Å². The Morgan fingerprint density at radius 2 is 1.80 bits per heavy atom. The first-order valence-corrected chi connectivity index (χ1v) is 13.3. The zero-order valence-electron chi connectivity index (χ0n) is 20.7. The largest absolute Gasteiger partial charge is 0.434 e. The second-order valence-corrected chi connectivity index (χ2v) is 11.0. The van der Waals surface area contributed by atoms with Crippen molar-refractivity contribution in [1.29, 1.82) is 5.26 Å². The molecule has 0 amide bonds. The molecule has 0 radical (unpaired) electrons. The first-order chi connectivity index (χ1) is 18.7.